The van der Waals surface area contributed by atoms with Crippen LogP contribution in [0, 0.1) is 6.92 Å². The molecule has 1 aliphatic rings. The third-order valence-electron chi connectivity index (χ3n) is 4.30. The number of hydrogen-bond acceptors (Lipinski definition) is 2. The molecule has 1 fully saturated rings. The van der Waals surface area contributed by atoms with Crippen molar-refractivity contribution in [2.45, 2.75) is 39.5 Å². The van der Waals surface area contributed by atoms with Crippen molar-refractivity contribution in [1.29, 1.82) is 0 Å². The molecule has 3 heteroatoms. The highest BCUT2D eigenvalue weighted by molar-refractivity contribution is 5.35. The number of hydrogen-bond donors (Lipinski definition) is 1. The van der Waals surface area contributed by atoms with E-state index in [4.69, 9.17) is 0 Å². The first-order valence-electron chi connectivity index (χ1n) is 7.12. The average Bonchev–Trinajstić information content (AvgIpc) is 2.41. The van der Waals surface area contributed by atoms with Gasteiger partial charge in [0.05, 0.1) is 0 Å². The van der Waals surface area contributed by atoms with Crippen LogP contribution in [-0.4, -0.2) is 30.0 Å². The number of pyridine rings is 1. The van der Waals surface area contributed by atoms with E-state index in [1.54, 1.807) is 0 Å². The molecule has 0 radical (unpaired) electrons. The van der Waals surface area contributed by atoms with Crippen molar-refractivity contribution in [3.63, 3.8) is 0 Å². The van der Waals surface area contributed by atoms with Crippen LogP contribution in [0.5, 0.6) is 0 Å². The van der Waals surface area contributed by atoms with Crippen molar-refractivity contribution in [1.82, 2.24) is 9.88 Å². The van der Waals surface area contributed by atoms with Gasteiger partial charge in [-0.25, -0.2) is 0 Å². The molecule has 0 aromatic carbocycles. The molecule has 1 aromatic rings. The summed E-state index contributed by atoms with van der Waals surface area (Å²) in [5.41, 5.74) is 2.44. The first kappa shape index (κ1) is 14.1. The van der Waals surface area contributed by atoms with E-state index in [0.29, 0.717) is 5.92 Å². The molecular weight excluding hydrogens is 236 g/mol. The highest BCUT2D eigenvalue weighted by Crippen LogP contribution is 2.26. The molecule has 0 spiro atoms. The molecule has 0 atom stereocenters. The van der Waals surface area contributed by atoms with Gasteiger partial charge in [-0.15, -0.1) is 0 Å². The first-order valence-corrected chi connectivity index (χ1v) is 7.12. The first-order chi connectivity index (χ1) is 9.08. The van der Waals surface area contributed by atoms with E-state index in [0.717, 1.165) is 42.1 Å². The quantitative estimate of drug-likeness (QED) is 0.820. The van der Waals surface area contributed by atoms with Crippen LogP contribution in [0.2, 0.25) is 0 Å². The smallest absolute Gasteiger partial charge is 0.255 e. The monoisotopic (exact) mass is 260 g/mol. The molecule has 3 nitrogen and oxygen atoms in total. The molecule has 1 N–H and O–H groups in total. The van der Waals surface area contributed by atoms with Gasteiger partial charge in [0.25, 0.3) is 5.56 Å². The molecule has 19 heavy (non-hydrogen) atoms. The molecule has 0 bridgehead atoms. The van der Waals surface area contributed by atoms with E-state index in [-0.39, 0.29) is 5.56 Å². The van der Waals surface area contributed by atoms with E-state index in [1.165, 1.54) is 5.56 Å². The van der Waals surface area contributed by atoms with E-state index in [9.17, 15) is 4.79 Å². The van der Waals surface area contributed by atoms with Gasteiger partial charge < -0.3 is 9.88 Å². The van der Waals surface area contributed by atoms with Gasteiger partial charge in [0.1, 0.15) is 0 Å². The van der Waals surface area contributed by atoms with Crippen LogP contribution >= 0.6 is 0 Å². The van der Waals surface area contributed by atoms with Crippen LogP contribution in [0.1, 0.15) is 43.9 Å². The number of rotatable bonds is 1. The molecule has 0 aliphatic carbocycles. The van der Waals surface area contributed by atoms with Gasteiger partial charge in [0, 0.05) is 16.8 Å². The summed E-state index contributed by atoms with van der Waals surface area (Å²) in [6, 6.07) is 0. The largest absolute Gasteiger partial charge is 0.325 e. The van der Waals surface area contributed by atoms with Crippen LogP contribution in [0.3, 0.4) is 0 Å². The number of aromatic amines is 1. The molecule has 2 heterocycles. The second-order valence-electron chi connectivity index (χ2n) is 5.48. The van der Waals surface area contributed by atoms with Crippen LogP contribution in [0.25, 0.3) is 12.2 Å². The Kier molecular flexibility index (Phi) is 4.25. The Bertz CT molecular complexity index is 619. The summed E-state index contributed by atoms with van der Waals surface area (Å²) in [7, 11) is 2.16. The summed E-state index contributed by atoms with van der Waals surface area (Å²) in [5.74, 6) is 0.494. The summed E-state index contributed by atoms with van der Waals surface area (Å²) in [6.45, 7) is 8.28. The maximum Gasteiger partial charge on any atom is 0.255 e. The summed E-state index contributed by atoms with van der Waals surface area (Å²) in [5, 5.41) is 1.90. The van der Waals surface area contributed by atoms with Crippen molar-refractivity contribution < 1.29 is 0 Å². The Morgan fingerprint density at radius 2 is 1.74 bits per heavy atom. The Labute approximate surface area is 114 Å². The lowest BCUT2D eigenvalue weighted by Gasteiger charge is -2.29. The van der Waals surface area contributed by atoms with Crippen LogP contribution in [0.15, 0.2) is 4.79 Å². The van der Waals surface area contributed by atoms with E-state index in [1.807, 2.05) is 19.9 Å². The Hall–Kier alpha value is -1.35. The number of nitrogens with zero attached hydrogens (tertiary/aromatic N) is 1. The SMILES string of the molecule is C/C=c1/c(C)c(C2CCN(C)CC2)[nH]c(=O)/c1=C/C. The van der Waals surface area contributed by atoms with Gasteiger partial charge in [-0.2, -0.15) is 0 Å². The minimum atomic E-state index is 0.0510. The molecule has 1 aromatic heterocycles. The lowest BCUT2D eigenvalue weighted by atomic mass is 9.90. The minimum Gasteiger partial charge on any atom is -0.325 e. The highest BCUT2D eigenvalue weighted by atomic mass is 16.1. The fraction of sp³-hybridized carbons (Fsp3) is 0.562. The number of aromatic nitrogens is 1. The zero-order valence-electron chi connectivity index (χ0n) is 12.4. The summed E-state index contributed by atoms with van der Waals surface area (Å²) in [6.07, 6.45) is 6.22. The summed E-state index contributed by atoms with van der Waals surface area (Å²) >= 11 is 0. The van der Waals surface area contributed by atoms with Crippen molar-refractivity contribution in [2.24, 2.45) is 0 Å². The standard InChI is InChI=1S/C16H24N2O/c1-5-13-11(3)15(17-16(19)14(13)6-2)12-7-9-18(4)10-8-12/h5-6,12H,7-10H2,1-4H3,(H,17,19)/b13-5-,14-6+. The summed E-state index contributed by atoms with van der Waals surface area (Å²) in [4.78, 5) is 17.7. The Morgan fingerprint density at radius 3 is 2.26 bits per heavy atom. The number of likely N-dealkylation sites (tertiary alicyclic amines) is 1. The van der Waals surface area contributed by atoms with Crippen molar-refractivity contribution >= 4 is 12.2 Å². The van der Waals surface area contributed by atoms with Crippen LogP contribution in [-0.2, 0) is 0 Å². The van der Waals surface area contributed by atoms with E-state index < -0.39 is 0 Å². The molecule has 1 aliphatic heterocycles. The van der Waals surface area contributed by atoms with E-state index in [2.05, 4.69) is 29.9 Å². The fourth-order valence-corrected chi connectivity index (χ4v) is 3.12. The maximum absolute atomic E-state index is 12.2. The number of piperidine rings is 1. The molecular formula is C16H24N2O. The minimum absolute atomic E-state index is 0.0510. The molecule has 104 valence electrons. The topological polar surface area (TPSA) is 36.1 Å². The summed E-state index contributed by atoms with van der Waals surface area (Å²) < 4.78 is 0. The van der Waals surface area contributed by atoms with Crippen LogP contribution in [0.4, 0.5) is 0 Å². The normalized spacial score (nSPS) is 20.2. The lowest BCUT2D eigenvalue weighted by molar-refractivity contribution is 0.253. The van der Waals surface area contributed by atoms with Crippen molar-refractivity contribution in [3.8, 4) is 0 Å². The molecule has 2 rings (SSSR count). The van der Waals surface area contributed by atoms with Crippen LogP contribution < -0.4 is 16.0 Å². The van der Waals surface area contributed by atoms with Gasteiger partial charge in [-0.05, 0) is 64.5 Å². The molecule has 0 amide bonds. The Balaban J connectivity index is 2.55. The maximum atomic E-state index is 12.2. The van der Waals surface area contributed by atoms with Gasteiger partial charge in [0.2, 0.25) is 0 Å². The van der Waals surface area contributed by atoms with Crippen molar-refractivity contribution in [2.75, 3.05) is 20.1 Å². The second kappa shape index (κ2) is 5.74. The average molecular weight is 260 g/mol. The van der Waals surface area contributed by atoms with Gasteiger partial charge >= 0.3 is 0 Å². The second-order valence-corrected chi connectivity index (χ2v) is 5.48. The van der Waals surface area contributed by atoms with E-state index >= 15 is 0 Å². The predicted octanol–water partition coefficient (Wildman–Crippen LogP) is 1.09. The molecule has 0 saturated carbocycles. The fourth-order valence-electron chi connectivity index (χ4n) is 3.12. The predicted molar refractivity (Wildman–Crippen MR) is 80.8 cm³/mol. The zero-order chi connectivity index (χ0) is 14.0. The zero-order valence-corrected chi connectivity index (χ0v) is 12.4. The third-order valence-corrected chi connectivity index (χ3v) is 4.30. The highest BCUT2D eigenvalue weighted by Gasteiger charge is 2.21. The molecule has 1 saturated heterocycles. The third kappa shape index (κ3) is 2.66. The van der Waals surface area contributed by atoms with Gasteiger partial charge in [-0.3, -0.25) is 4.79 Å². The number of H-pyrrole nitrogens is 1. The number of nitrogens with one attached hydrogen (secondary N) is 1. The van der Waals surface area contributed by atoms with Gasteiger partial charge in [0.15, 0.2) is 0 Å². The lowest BCUT2D eigenvalue weighted by Crippen LogP contribution is -2.44. The Morgan fingerprint density at radius 1 is 1.16 bits per heavy atom. The molecule has 0 unspecified atom stereocenters. The van der Waals surface area contributed by atoms with Crippen molar-refractivity contribution in [3.05, 3.63) is 32.0 Å². The van der Waals surface area contributed by atoms with Gasteiger partial charge in [-0.1, -0.05) is 12.2 Å².